The van der Waals surface area contributed by atoms with Gasteiger partial charge in [0.25, 0.3) is 0 Å². The minimum Gasteiger partial charge on any atom is -0.385 e. The first-order valence-corrected chi connectivity index (χ1v) is 6.75. The summed E-state index contributed by atoms with van der Waals surface area (Å²) >= 11 is 0. The smallest absolute Gasteiger partial charge is 0.0897 e. The quantitative estimate of drug-likeness (QED) is 0.827. The molecule has 0 spiro atoms. The van der Waals surface area contributed by atoms with E-state index in [2.05, 4.69) is 24.0 Å². The number of aromatic nitrogens is 1. The summed E-state index contributed by atoms with van der Waals surface area (Å²) in [5.74, 6) is 0.743. The van der Waals surface area contributed by atoms with Crippen LogP contribution in [0.15, 0.2) is 36.5 Å². The minimum absolute atomic E-state index is 0.628. The number of benzene rings is 1. The van der Waals surface area contributed by atoms with Crippen molar-refractivity contribution >= 4 is 10.9 Å². The van der Waals surface area contributed by atoms with Crippen molar-refractivity contribution in [3.63, 3.8) is 0 Å². The topological polar surface area (TPSA) is 33.1 Å². The van der Waals surface area contributed by atoms with Gasteiger partial charge in [-0.3, -0.25) is 4.98 Å². The molecule has 1 fully saturated rings. The van der Waals surface area contributed by atoms with Gasteiger partial charge in [0.15, 0.2) is 0 Å². The third kappa shape index (κ3) is 2.01. The van der Waals surface area contributed by atoms with Gasteiger partial charge in [0.2, 0.25) is 0 Å². The molecule has 1 aromatic carbocycles. The Kier molecular flexibility index (Phi) is 2.83. The molecule has 0 saturated heterocycles. The second kappa shape index (κ2) is 4.36. The maximum Gasteiger partial charge on any atom is 0.0897 e. The highest BCUT2D eigenvalue weighted by Gasteiger charge is 2.33. The van der Waals surface area contributed by atoms with Gasteiger partial charge in [-0.05, 0) is 55.4 Å². The van der Waals surface area contributed by atoms with Gasteiger partial charge >= 0.3 is 0 Å². The Hall–Kier alpha value is -1.41. The molecule has 0 bridgehead atoms. The summed E-state index contributed by atoms with van der Waals surface area (Å²) in [6, 6.07) is 10.1. The van der Waals surface area contributed by atoms with Crippen LogP contribution in [-0.2, 0) is 5.60 Å². The average molecular weight is 241 g/mol. The average Bonchev–Trinajstić information content (AvgIpc) is 2.42. The third-order valence-electron chi connectivity index (χ3n) is 4.24. The summed E-state index contributed by atoms with van der Waals surface area (Å²) in [5, 5.41) is 11.9. The molecule has 1 aromatic heterocycles. The monoisotopic (exact) mass is 241 g/mol. The van der Waals surface area contributed by atoms with E-state index in [1.165, 1.54) is 0 Å². The third-order valence-corrected chi connectivity index (χ3v) is 4.24. The molecule has 2 heteroatoms. The van der Waals surface area contributed by atoms with Crippen molar-refractivity contribution in [2.45, 2.75) is 38.2 Å². The lowest BCUT2D eigenvalue weighted by Gasteiger charge is -2.35. The van der Waals surface area contributed by atoms with Gasteiger partial charge in [0.1, 0.15) is 0 Å². The summed E-state index contributed by atoms with van der Waals surface area (Å²) in [6.45, 7) is 2.27. The Morgan fingerprint density at radius 2 is 2.00 bits per heavy atom. The second-order valence-electron chi connectivity index (χ2n) is 5.62. The van der Waals surface area contributed by atoms with Crippen LogP contribution in [0, 0.1) is 5.92 Å². The number of rotatable bonds is 1. The molecular formula is C16H19NO. The fraction of sp³-hybridized carbons (Fsp3) is 0.438. The molecule has 18 heavy (non-hydrogen) atoms. The summed E-state index contributed by atoms with van der Waals surface area (Å²) < 4.78 is 0. The van der Waals surface area contributed by atoms with Crippen molar-refractivity contribution < 1.29 is 5.11 Å². The number of aliphatic hydroxyl groups is 1. The Labute approximate surface area is 108 Å². The van der Waals surface area contributed by atoms with Crippen LogP contribution in [0.4, 0.5) is 0 Å². The van der Waals surface area contributed by atoms with Gasteiger partial charge in [-0.2, -0.15) is 0 Å². The van der Waals surface area contributed by atoms with Gasteiger partial charge in [-0.25, -0.2) is 0 Å². The Morgan fingerprint density at radius 3 is 2.78 bits per heavy atom. The summed E-state index contributed by atoms with van der Waals surface area (Å²) in [5.41, 5.74) is 1.42. The van der Waals surface area contributed by atoms with Crippen LogP contribution >= 0.6 is 0 Å². The largest absolute Gasteiger partial charge is 0.385 e. The van der Waals surface area contributed by atoms with E-state index in [-0.39, 0.29) is 0 Å². The van der Waals surface area contributed by atoms with Gasteiger partial charge in [0.05, 0.1) is 11.1 Å². The molecule has 0 amide bonds. The van der Waals surface area contributed by atoms with Crippen LogP contribution in [-0.4, -0.2) is 10.1 Å². The normalized spacial score (nSPS) is 28.4. The molecule has 1 heterocycles. The zero-order valence-electron chi connectivity index (χ0n) is 10.8. The van der Waals surface area contributed by atoms with E-state index in [1.54, 1.807) is 6.20 Å². The number of hydrogen-bond acceptors (Lipinski definition) is 2. The van der Waals surface area contributed by atoms with Crippen molar-refractivity contribution in [1.82, 2.24) is 4.98 Å². The van der Waals surface area contributed by atoms with Crippen LogP contribution in [0.5, 0.6) is 0 Å². The van der Waals surface area contributed by atoms with Crippen molar-refractivity contribution in [3.05, 3.63) is 42.1 Å². The minimum atomic E-state index is -0.628. The van der Waals surface area contributed by atoms with E-state index >= 15 is 0 Å². The molecule has 1 N–H and O–H groups in total. The lowest BCUT2D eigenvalue weighted by molar-refractivity contribution is -0.0119. The maximum atomic E-state index is 10.8. The molecule has 1 saturated carbocycles. The predicted octanol–water partition coefficient (Wildman–Crippen LogP) is 3.63. The fourth-order valence-corrected chi connectivity index (χ4v) is 2.89. The Balaban J connectivity index is 1.98. The maximum absolute atomic E-state index is 10.8. The van der Waals surface area contributed by atoms with E-state index in [0.717, 1.165) is 48.1 Å². The zero-order chi connectivity index (χ0) is 12.6. The molecule has 0 atom stereocenters. The fourth-order valence-electron chi connectivity index (χ4n) is 2.89. The first kappa shape index (κ1) is 11.7. The Morgan fingerprint density at radius 1 is 1.22 bits per heavy atom. The number of fused-ring (bicyclic) bond motifs is 1. The van der Waals surface area contributed by atoms with Gasteiger partial charge in [-0.15, -0.1) is 0 Å². The van der Waals surface area contributed by atoms with Gasteiger partial charge in [-0.1, -0.05) is 19.1 Å². The molecule has 1 aliphatic carbocycles. The van der Waals surface area contributed by atoms with E-state index in [0.29, 0.717) is 0 Å². The SMILES string of the molecule is CC1CCC(O)(c2ccc3ncccc3c2)CC1. The zero-order valence-corrected chi connectivity index (χ0v) is 10.8. The Bertz CT molecular complexity index is 556. The van der Waals surface area contributed by atoms with Crippen LogP contribution in [0.3, 0.4) is 0 Å². The van der Waals surface area contributed by atoms with Crippen molar-refractivity contribution in [2.75, 3.05) is 0 Å². The van der Waals surface area contributed by atoms with E-state index in [4.69, 9.17) is 0 Å². The molecule has 2 aromatic rings. The molecule has 3 rings (SSSR count). The summed E-state index contributed by atoms with van der Waals surface area (Å²) in [6.07, 6.45) is 5.78. The lowest BCUT2D eigenvalue weighted by Crippen LogP contribution is -2.30. The highest BCUT2D eigenvalue weighted by molar-refractivity contribution is 5.79. The highest BCUT2D eigenvalue weighted by atomic mass is 16.3. The molecule has 2 nitrogen and oxygen atoms in total. The molecular weight excluding hydrogens is 222 g/mol. The first-order valence-electron chi connectivity index (χ1n) is 6.75. The van der Waals surface area contributed by atoms with E-state index in [9.17, 15) is 5.11 Å². The van der Waals surface area contributed by atoms with Crippen LogP contribution in [0.25, 0.3) is 10.9 Å². The van der Waals surface area contributed by atoms with Crippen molar-refractivity contribution in [2.24, 2.45) is 5.92 Å². The lowest BCUT2D eigenvalue weighted by atomic mass is 9.75. The second-order valence-corrected chi connectivity index (χ2v) is 5.62. The number of hydrogen-bond donors (Lipinski definition) is 1. The molecule has 0 aliphatic heterocycles. The molecule has 1 aliphatic rings. The summed E-state index contributed by atoms with van der Waals surface area (Å²) in [7, 11) is 0. The van der Waals surface area contributed by atoms with Crippen LogP contribution < -0.4 is 0 Å². The number of pyridine rings is 1. The van der Waals surface area contributed by atoms with Crippen LogP contribution in [0.1, 0.15) is 38.2 Å². The van der Waals surface area contributed by atoms with Crippen molar-refractivity contribution in [1.29, 1.82) is 0 Å². The number of nitrogens with zero attached hydrogens (tertiary/aromatic N) is 1. The molecule has 0 radical (unpaired) electrons. The van der Waals surface area contributed by atoms with E-state index < -0.39 is 5.60 Å². The molecule has 0 unspecified atom stereocenters. The van der Waals surface area contributed by atoms with E-state index in [1.807, 2.05) is 18.2 Å². The molecule has 94 valence electrons. The van der Waals surface area contributed by atoms with Gasteiger partial charge < -0.3 is 5.11 Å². The standard InChI is InChI=1S/C16H19NO/c1-12-6-8-16(18,9-7-12)14-4-5-15-13(11-14)3-2-10-17-15/h2-5,10-12,18H,6-9H2,1H3. The summed E-state index contributed by atoms with van der Waals surface area (Å²) in [4.78, 5) is 4.32. The van der Waals surface area contributed by atoms with Crippen LogP contribution in [0.2, 0.25) is 0 Å². The van der Waals surface area contributed by atoms with Crippen molar-refractivity contribution in [3.8, 4) is 0 Å². The highest BCUT2D eigenvalue weighted by Crippen LogP contribution is 2.39. The first-order chi connectivity index (χ1) is 8.67. The predicted molar refractivity (Wildman–Crippen MR) is 73.3 cm³/mol. The van der Waals surface area contributed by atoms with Gasteiger partial charge in [0, 0.05) is 11.6 Å².